The molecule has 0 aliphatic heterocycles. The van der Waals surface area contributed by atoms with E-state index < -0.39 is 5.24 Å². The lowest BCUT2D eigenvalue weighted by molar-refractivity contribution is 0.108. The minimum Gasteiger partial charge on any atom is -0.276 e. The highest BCUT2D eigenvalue weighted by Crippen LogP contribution is 2.02. The van der Waals surface area contributed by atoms with Crippen LogP contribution in [0.1, 0.15) is 16.1 Å². The summed E-state index contributed by atoms with van der Waals surface area (Å²) in [5.74, 6) is 0. The van der Waals surface area contributed by atoms with Crippen molar-refractivity contribution in [2.24, 2.45) is 0 Å². The van der Waals surface area contributed by atoms with E-state index in [4.69, 9.17) is 11.6 Å². The lowest BCUT2D eigenvalue weighted by atomic mass is 10.3. The van der Waals surface area contributed by atoms with E-state index >= 15 is 0 Å². The predicted molar refractivity (Wildman–Crippen MR) is 46.4 cm³/mol. The van der Waals surface area contributed by atoms with Crippen molar-refractivity contribution in [1.29, 1.82) is 0 Å². The second-order valence-corrected chi connectivity index (χ2v) is 2.31. The van der Waals surface area contributed by atoms with Crippen LogP contribution in [0.25, 0.3) is 0 Å². The minimum atomic E-state index is -0.465. The summed E-state index contributed by atoms with van der Waals surface area (Å²) in [4.78, 5) is 14.4. The first kappa shape index (κ1) is 10.4. The number of nitrogens with zero attached hydrogens (tertiary/aromatic N) is 1. The summed E-state index contributed by atoms with van der Waals surface area (Å²) >= 11 is 5.18. The minimum absolute atomic E-state index is 0. The fourth-order valence-corrected chi connectivity index (χ4v) is 0.696. The predicted octanol–water partition coefficient (Wildman–Crippen LogP) is 2.19. The summed E-state index contributed by atoms with van der Waals surface area (Å²) < 4.78 is 0. The number of carbonyl (C=O) groups excluding carboxylic acids is 1. The number of rotatable bonds is 1. The van der Waals surface area contributed by atoms with E-state index in [1.54, 1.807) is 12.1 Å². The number of aromatic nitrogens is 1. The lowest BCUT2D eigenvalue weighted by Crippen LogP contribution is -1.90. The smallest absolute Gasteiger partial charge is 0.253 e. The van der Waals surface area contributed by atoms with Gasteiger partial charge in [0, 0.05) is 11.9 Å². The van der Waals surface area contributed by atoms with Crippen molar-refractivity contribution < 1.29 is 4.79 Å². The molecular formula is C7H7Cl2NO. The normalized spacial score (nSPS) is 8.55. The third kappa shape index (κ3) is 2.87. The molecule has 0 atom stereocenters. The first-order valence-electron chi connectivity index (χ1n) is 2.82. The highest BCUT2D eigenvalue weighted by molar-refractivity contribution is 6.67. The standard InChI is InChI=1S/C7H6ClNO.ClH/c1-5-2-3-6(4-9-5)7(8)10;/h2-4H,1H3;1H. The summed E-state index contributed by atoms with van der Waals surface area (Å²) in [5.41, 5.74) is 1.31. The van der Waals surface area contributed by atoms with Gasteiger partial charge in [0.05, 0.1) is 5.56 Å². The number of pyridine rings is 1. The van der Waals surface area contributed by atoms with Crippen LogP contribution in [0.3, 0.4) is 0 Å². The van der Waals surface area contributed by atoms with Gasteiger partial charge in [-0.1, -0.05) is 0 Å². The molecule has 0 unspecified atom stereocenters. The highest BCUT2D eigenvalue weighted by atomic mass is 35.5. The molecule has 1 aromatic heterocycles. The van der Waals surface area contributed by atoms with Crippen LogP contribution in [-0.4, -0.2) is 10.2 Å². The van der Waals surface area contributed by atoms with E-state index in [0.29, 0.717) is 5.56 Å². The van der Waals surface area contributed by atoms with Crippen molar-refractivity contribution >= 4 is 29.3 Å². The SMILES string of the molecule is Cc1ccc(C(=O)Cl)cn1.Cl. The third-order valence-corrected chi connectivity index (χ3v) is 1.36. The van der Waals surface area contributed by atoms with Crippen LogP contribution < -0.4 is 0 Å². The first-order valence-corrected chi connectivity index (χ1v) is 3.20. The van der Waals surface area contributed by atoms with Crippen LogP contribution in [0, 0.1) is 6.92 Å². The van der Waals surface area contributed by atoms with Crippen molar-refractivity contribution in [2.45, 2.75) is 6.92 Å². The van der Waals surface area contributed by atoms with E-state index in [1.165, 1.54) is 6.20 Å². The summed E-state index contributed by atoms with van der Waals surface area (Å²) in [7, 11) is 0. The molecular weight excluding hydrogens is 185 g/mol. The molecule has 0 aliphatic carbocycles. The Kier molecular flexibility index (Phi) is 4.08. The van der Waals surface area contributed by atoms with Crippen LogP contribution in [-0.2, 0) is 0 Å². The van der Waals surface area contributed by atoms with Gasteiger partial charge in [-0.05, 0) is 30.7 Å². The number of hydrogen-bond acceptors (Lipinski definition) is 2. The molecule has 11 heavy (non-hydrogen) atoms. The van der Waals surface area contributed by atoms with Gasteiger partial charge in [0.1, 0.15) is 0 Å². The van der Waals surface area contributed by atoms with Crippen LogP contribution in [0.4, 0.5) is 0 Å². The van der Waals surface area contributed by atoms with Gasteiger partial charge in [0.15, 0.2) is 0 Å². The van der Waals surface area contributed by atoms with Gasteiger partial charge in [0.2, 0.25) is 0 Å². The first-order chi connectivity index (χ1) is 4.70. The summed E-state index contributed by atoms with van der Waals surface area (Å²) in [6, 6.07) is 3.40. The highest BCUT2D eigenvalue weighted by Gasteiger charge is 1.98. The van der Waals surface area contributed by atoms with Crippen LogP contribution >= 0.6 is 24.0 Å². The molecule has 4 heteroatoms. The molecule has 2 nitrogen and oxygen atoms in total. The Balaban J connectivity index is 0.000001000. The Labute approximate surface area is 76.0 Å². The van der Waals surface area contributed by atoms with E-state index in [0.717, 1.165) is 5.69 Å². The maximum Gasteiger partial charge on any atom is 0.253 e. The van der Waals surface area contributed by atoms with Crippen molar-refractivity contribution in [3.63, 3.8) is 0 Å². The fraction of sp³-hybridized carbons (Fsp3) is 0.143. The monoisotopic (exact) mass is 191 g/mol. The Morgan fingerprint density at radius 1 is 1.55 bits per heavy atom. The number of halogens is 2. The third-order valence-electron chi connectivity index (χ3n) is 1.14. The molecule has 0 aromatic carbocycles. The van der Waals surface area contributed by atoms with Gasteiger partial charge in [-0.3, -0.25) is 9.78 Å². The Morgan fingerprint density at radius 2 is 2.18 bits per heavy atom. The van der Waals surface area contributed by atoms with Crippen molar-refractivity contribution in [1.82, 2.24) is 4.98 Å². The number of aryl methyl sites for hydroxylation is 1. The van der Waals surface area contributed by atoms with E-state index in [9.17, 15) is 4.79 Å². The summed E-state index contributed by atoms with van der Waals surface area (Å²) in [6.07, 6.45) is 1.46. The average molecular weight is 192 g/mol. The summed E-state index contributed by atoms with van der Waals surface area (Å²) in [6.45, 7) is 1.85. The van der Waals surface area contributed by atoms with Crippen molar-refractivity contribution in [3.05, 3.63) is 29.6 Å². The van der Waals surface area contributed by atoms with Gasteiger partial charge >= 0.3 is 0 Å². The Bertz CT molecular complexity index is 245. The van der Waals surface area contributed by atoms with Crippen LogP contribution in [0.15, 0.2) is 18.3 Å². The molecule has 0 N–H and O–H groups in total. The topological polar surface area (TPSA) is 30.0 Å². The summed E-state index contributed by atoms with van der Waals surface area (Å²) in [5, 5.41) is -0.465. The van der Waals surface area contributed by atoms with Crippen molar-refractivity contribution in [3.8, 4) is 0 Å². The van der Waals surface area contributed by atoms with Gasteiger partial charge in [-0.25, -0.2) is 0 Å². The number of carbonyl (C=O) groups is 1. The molecule has 1 aromatic rings. The quantitative estimate of drug-likeness (QED) is 0.638. The van der Waals surface area contributed by atoms with E-state index in [1.807, 2.05) is 6.92 Å². The zero-order valence-corrected chi connectivity index (χ0v) is 7.45. The maximum atomic E-state index is 10.5. The molecule has 0 radical (unpaired) electrons. The molecule has 0 saturated heterocycles. The van der Waals surface area contributed by atoms with Gasteiger partial charge in [0.25, 0.3) is 5.24 Å². The average Bonchev–Trinajstić information content (AvgIpc) is 1.88. The molecule has 0 fully saturated rings. The second-order valence-electron chi connectivity index (χ2n) is 1.96. The molecule has 0 bridgehead atoms. The van der Waals surface area contributed by atoms with Gasteiger partial charge in [-0.2, -0.15) is 0 Å². The van der Waals surface area contributed by atoms with Crippen LogP contribution in [0.5, 0.6) is 0 Å². The van der Waals surface area contributed by atoms with Crippen molar-refractivity contribution in [2.75, 3.05) is 0 Å². The van der Waals surface area contributed by atoms with E-state index in [2.05, 4.69) is 4.98 Å². The molecule has 1 heterocycles. The Morgan fingerprint density at radius 3 is 2.55 bits per heavy atom. The molecule has 0 spiro atoms. The second kappa shape index (κ2) is 4.31. The zero-order valence-electron chi connectivity index (χ0n) is 5.87. The molecule has 60 valence electrons. The molecule has 0 aliphatic rings. The lowest BCUT2D eigenvalue weighted by Gasteiger charge is -1.91. The van der Waals surface area contributed by atoms with Gasteiger partial charge < -0.3 is 0 Å². The molecule has 0 saturated carbocycles. The maximum absolute atomic E-state index is 10.5. The van der Waals surface area contributed by atoms with Crippen LogP contribution in [0.2, 0.25) is 0 Å². The largest absolute Gasteiger partial charge is 0.276 e. The Hall–Kier alpha value is -0.600. The fourth-order valence-electron chi connectivity index (χ4n) is 0.584. The molecule has 1 rings (SSSR count). The molecule has 0 amide bonds. The van der Waals surface area contributed by atoms with Gasteiger partial charge in [-0.15, -0.1) is 12.4 Å². The van der Waals surface area contributed by atoms with E-state index in [-0.39, 0.29) is 12.4 Å². The number of hydrogen-bond donors (Lipinski definition) is 0. The zero-order chi connectivity index (χ0) is 7.56.